The summed E-state index contributed by atoms with van der Waals surface area (Å²) in [6.07, 6.45) is 0. The molecule has 1 aliphatic rings. The van der Waals surface area contributed by atoms with Crippen LogP contribution in [0.4, 0.5) is 14.5 Å². The summed E-state index contributed by atoms with van der Waals surface area (Å²) >= 11 is 12.0. The third kappa shape index (κ3) is 4.44. The number of hydrogen-bond donors (Lipinski definition) is 2. The Morgan fingerprint density at radius 2 is 1.69 bits per heavy atom. The minimum Gasteiger partial charge on any atom is -0.324 e. The zero-order chi connectivity index (χ0) is 23.0. The van der Waals surface area contributed by atoms with Crippen molar-refractivity contribution in [2.75, 3.05) is 5.32 Å². The van der Waals surface area contributed by atoms with Gasteiger partial charge in [-0.25, -0.2) is 26.9 Å². The van der Waals surface area contributed by atoms with Gasteiger partial charge in [0.15, 0.2) is 0 Å². The van der Waals surface area contributed by atoms with Gasteiger partial charge < -0.3 is 5.32 Å². The van der Waals surface area contributed by atoms with Crippen molar-refractivity contribution >= 4 is 44.9 Å². The lowest BCUT2D eigenvalue weighted by molar-refractivity contribution is 0.577. The van der Waals surface area contributed by atoms with Crippen molar-refractivity contribution in [3.63, 3.8) is 0 Å². The van der Waals surface area contributed by atoms with Gasteiger partial charge in [-0.15, -0.1) is 0 Å². The van der Waals surface area contributed by atoms with Crippen molar-refractivity contribution in [2.24, 2.45) is 4.99 Å². The molecule has 0 aliphatic carbocycles. The molecular formula is C22H17Cl2F2N3O2S. The smallest absolute Gasteiger partial charge is 0.266 e. The second-order valence-corrected chi connectivity index (χ2v) is 9.77. The zero-order valence-electron chi connectivity index (χ0n) is 16.7. The highest BCUT2D eigenvalue weighted by atomic mass is 35.5. The average Bonchev–Trinajstić information content (AvgIpc) is 2.71. The molecule has 32 heavy (non-hydrogen) atoms. The summed E-state index contributed by atoms with van der Waals surface area (Å²) in [5.41, 5.74) is 0.934. The molecule has 1 heterocycles. The SMILES string of the molecule is C[C@@H](c1ccccc1F)c1c(F)ccc2c1NC(=NCc1cc(Cl)cc(Cl)c1)NS2(=O)=O. The number of anilines is 1. The Morgan fingerprint density at radius 3 is 2.38 bits per heavy atom. The molecule has 1 aliphatic heterocycles. The molecule has 0 bridgehead atoms. The van der Waals surface area contributed by atoms with Gasteiger partial charge in [-0.2, -0.15) is 0 Å². The highest BCUT2D eigenvalue weighted by Gasteiger charge is 2.32. The van der Waals surface area contributed by atoms with Crippen molar-refractivity contribution in [3.05, 3.63) is 93.0 Å². The highest BCUT2D eigenvalue weighted by molar-refractivity contribution is 7.90. The average molecular weight is 496 g/mol. The first kappa shape index (κ1) is 22.5. The molecule has 3 aromatic rings. The quantitative estimate of drug-likeness (QED) is 0.488. The van der Waals surface area contributed by atoms with E-state index in [0.717, 1.165) is 12.1 Å². The molecule has 0 fully saturated rings. The Labute approximate surface area is 194 Å². The lowest BCUT2D eigenvalue weighted by Crippen LogP contribution is -2.41. The normalized spacial score (nSPS) is 16.7. The van der Waals surface area contributed by atoms with Crippen LogP contribution in [0.25, 0.3) is 0 Å². The van der Waals surface area contributed by atoms with Crippen LogP contribution in [-0.4, -0.2) is 14.4 Å². The predicted octanol–water partition coefficient (Wildman–Crippen LogP) is 5.68. The fourth-order valence-electron chi connectivity index (χ4n) is 3.60. The van der Waals surface area contributed by atoms with E-state index in [0.29, 0.717) is 15.6 Å². The van der Waals surface area contributed by atoms with E-state index in [2.05, 4.69) is 15.0 Å². The molecular weight excluding hydrogens is 479 g/mol. The molecule has 0 radical (unpaired) electrons. The zero-order valence-corrected chi connectivity index (χ0v) is 19.0. The summed E-state index contributed by atoms with van der Waals surface area (Å²) in [5, 5.41) is 3.69. The minimum atomic E-state index is -4.03. The van der Waals surface area contributed by atoms with Gasteiger partial charge in [-0.1, -0.05) is 48.3 Å². The molecule has 0 saturated heterocycles. The summed E-state index contributed by atoms with van der Waals surface area (Å²) in [7, 11) is -4.03. The Balaban J connectivity index is 1.77. The highest BCUT2D eigenvalue weighted by Crippen LogP contribution is 2.38. The maximum absolute atomic E-state index is 14.9. The molecule has 0 unspecified atom stereocenters. The maximum Gasteiger partial charge on any atom is 0.266 e. The van der Waals surface area contributed by atoms with E-state index in [1.165, 1.54) is 18.2 Å². The summed E-state index contributed by atoms with van der Waals surface area (Å²) in [4.78, 5) is 4.10. The van der Waals surface area contributed by atoms with Crippen LogP contribution in [0.1, 0.15) is 29.5 Å². The molecule has 3 aromatic carbocycles. The van der Waals surface area contributed by atoms with E-state index < -0.39 is 27.6 Å². The van der Waals surface area contributed by atoms with Gasteiger partial charge in [0, 0.05) is 21.5 Å². The predicted molar refractivity (Wildman–Crippen MR) is 122 cm³/mol. The van der Waals surface area contributed by atoms with Gasteiger partial charge >= 0.3 is 0 Å². The third-order valence-electron chi connectivity index (χ3n) is 5.06. The van der Waals surface area contributed by atoms with Crippen LogP contribution in [0.5, 0.6) is 0 Å². The monoisotopic (exact) mass is 495 g/mol. The lowest BCUT2D eigenvalue weighted by Gasteiger charge is -2.26. The van der Waals surface area contributed by atoms with E-state index in [1.807, 2.05) is 0 Å². The number of benzene rings is 3. The largest absolute Gasteiger partial charge is 0.324 e. The summed E-state index contributed by atoms with van der Waals surface area (Å²) in [6.45, 7) is 1.67. The number of nitrogens with one attached hydrogen (secondary N) is 2. The van der Waals surface area contributed by atoms with Gasteiger partial charge in [0.25, 0.3) is 10.0 Å². The van der Waals surface area contributed by atoms with Crippen molar-refractivity contribution in [2.45, 2.75) is 24.3 Å². The molecule has 166 valence electrons. The van der Waals surface area contributed by atoms with Crippen LogP contribution < -0.4 is 10.0 Å². The fraction of sp³-hybridized carbons (Fsp3) is 0.136. The molecule has 2 N–H and O–H groups in total. The molecule has 5 nitrogen and oxygen atoms in total. The van der Waals surface area contributed by atoms with Crippen LogP contribution in [0.15, 0.2) is 64.5 Å². The number of rotatable bonds is 4. The second kappa shape index (κ2) is 8.69. The van der Waals surface area contributed by atoms with Gasteiger partial charge in [0.1, 0.15) is 16.5 Å². The molecule has 1 atom stereocenters. The van der Waals surface area contributed by atoms with E-state index >= 15 is 0 Å². The van der Waals surface area contributed by atoms with Crippen LogP contribution in [0, 0.1) is 11.6 Å². The number of nitrogens with zero attached hydrogens (tertiary/aromatic N) is 1. The molecule has 0 spiro atoms. The third-order valence-corrected chi connectivity index (χ3v) is 6.88. The summed E-state index contributed by atoms with van der Waals surface area (Å²) in [5.74, 6) is -2.04. The van der Waals surface area contributed by atoms with Crippen LogP contribution >= 0.6 is 23.2 Å². The Kier molecular flexibility index (Phi) is 6.11. The van der Waals surface area contributed by atoms with Crippen molar-refractivity contribution in [1.29, 1.82) is 0 Å². The number of aliphatic imine (C=N–C) groups is 1. The van der Waals surface area contributed by atoms with Gasteiger partial charge in [-0.05, 0) is 47.5 Å². The minimum absolute atomic E-state index is 0.0161. The van der Waals surface area contributed by atoms with Gasteiger partial charge in [0.2, 0.25) is 5.96 Å². The number of hydrogen-bond acceptors (Lipinski definition) is 3. The second-order valence-electron chi connectivity index (χ2n) is 7.25. The number of guanidine groups is 1. The van der Waals surface area contributed by atoms with Gasteiger partial charge in [-0.3, -0.25) is 0 Å². The van der Waals surface area contributed by atoms with Crippen molar-refractivity contribution in [1.82, 2.24) is 4.72 Å². The Morgan fingerprint density at radius 1 is 1.00 bits per heavy atom. The fourth-order valence-corrected chi connectivity index (χ4v) is 5.33. The lowest BCUT2D eigenvalue weighted by atomic mass is 9.91. The molecule has 0 amide bonds. The summed E-state index contributed by atoms with van der Waals surface area (Å²) < 4.78 is 57.3. The topological polar surface area (TPSA) is 70.6 Å². The maximum atomic E-state index is 14.9. The first-order chi connectivity index (χ1) is 15.2. The van der Waals surface area contributed by atoms with Gasteiger partial charge in [0.05, 0.1) is 12.2 Å². The van der Waals surface area contributed by atoms with Crippen LogP contribution in [0.3, 0.4) is 0 Å². The van der Waals surface area contributed by atoms with Crippen molar-refractivity contribution < 1.29 is 17.2 Å². The molecule has 0 saturated carbocycles. The first-order valence-corrected chi connectivity index (χ1v) is 11.8. The molecule has 0 aromatic heterocycles. The summed E-state index contributed by atoms with van der Waals surface area (Å²) in [6, 6.07) is 13.0. The Hall–Kier alpha value is -2.68. The van der Waals surface area contributed by atoms with Crippen molar-refractivity contribution in [3.8, 4) is 0 Å². The first-order valence-electron chi connectivity index (χ1n) is 9.52. The van der Waals surface area contributed by atoms with Crippen LogP contribution in [-0.2, 0) is 16.6 Å². The Bertz CT molecular complexity index is 1330. The molecule has 10 heteroatoms. The van der Waals surface area contributed by atoms with Crippen LogP contribution in [0.2, 0.25) is 10.0 Å². The number of fused-ring (bicyclic) bond motifs is 1. The number of sulfonamides is 1. The van der Waals surface area contributed by atoms with E-state index in [4.69, 9.17) is 23.2 Å². The number of halogens is 4. The van der Waals surface area contributed by atoms with E-state index in [-0.39, 0.29) is 34.2 Å². The van der Waals surface area contributed by atoms with E-state index in [9.17, 15) is 17.2 Å². The standard InChI is InChI=1S/C22H17Cl2F2N3O2S/c1-12(16-4-2-3-5-17(16)25)20-18(26)6-7-19-21(20)28-22(29-32(19,30)31)27-11-13-8-14(23)10-15(24)9-13/h2-10,12H,11H2,1H3,(H2,27,28,29)/t12-/m0/s1. The molecule has 4 rings (SSSR count). The van der Waals surface area contributed by atoms with E-state index in [1.54, 1.807) is 31.2 Å².